The number of aliphatic carboxylic acids is 1. The van der Waals surface area contributed by atoms with Crippen LogP contribution in [0.1, 0.15) is 25.1 Å². The van der Waals surface area contributed by atoms with Gasteiger partial charge in [0, 0.05) is 17.1 Å². The summed E-state index contributed by atoms with van der Waals surface area (Å²) in [5, 5.41) is 11.2. The third-order valence-corrected chi connectivity index (χ3v) is 5.90. The minimum Gasteiger partial charge on any atom is -0.480 e. The highest BCUT2D eigenvalue weighted by atomic mass is 32.2. The third kappa shape index (κ3) is 3.35. The number of nitrogens with zero attached hydrogens (tertiary/aromatic N) is 1. The van der Waals surface area contributed by atoms with Gasteiger partial charge < -0.3 is 10.0 Å². The number of thioether (sulfide) groups is 1. The molecule has 0 spiro atoms. The van der Waals surface area contributed by atoms with Crippen molar-refractivity contribution in [3.63, 3.8) is 0 Å². The van der Waals surface area contributed by atoms with E-state index in [4.69, 9.17) is 0 Å². The number of thiophene rings is 1. The molecule has 1 aromatic rings. The second-order valence-electron chi connectivity index (χ2n) is 5.20. The molecule has 0 aromatic carbocycles. The predicted octanol–water partition coefficient (Wildman–Crippen LogP) is 2.69. The van der Waals surface area contributed by atoms with Crippen LogP contribution in [0.25, 0.3) is 0 Å². The van der Waals surface area contributed by atoms with Crippen molar-refractivity contribution in [1.29, 1.82) is 0 Å². The molecule has 1 N–H and O–H groups in total. The molecule has 2 atom stereocenters. The Morgan fingerprint density at radius 1 is 1.50 bits per heavy atom. The fourth-order valence-electron chi connectivity index (χ4n) is 2.36. The summed E-state index contributed by atoms with van der Waals surface area (Å²) in [5.41, 5.74) is 0. The zero-order valence-corrected chi connectivity index (χ0v) is 13.2. The molecule has 0 bridgehead atoms. The fourth-order valence-corrected chi connectivity index (χ4v) is 4.56. The van der Waals surface area contributed by atoms with E-state index in [0.29, 0.717) is 18.6 Å². The molecular weight excluding hydrogens is 294 g/mol. The number of carbonyl (C=O) groups excluding carboxylic acids is 1. The molecule has 0 saturated carbocycles. The minimum absolute atomic E-state index is 0.0214. The van der Waals surface area contributed by atoms with Crippen molar-refractivity contribution in [2.45, 2.75) is 38.1 Å². The van der Waals surface area contributed by atoms with Crippen molar-refractivity contribution in [3.8, 4) is 0 Å². The highest BCUT2D eigenvalue weighted by molar-refractivity contribution is 8.00. The van der Waals surface area contributed by atoms with Crippen LogP contribution in [0.15, 0.2) is 17.5 Å². The number of hydrogen-bond acceptors (Lipinski definition) is 4. The molecule has 110 valence electrons. The Balaban J connectivity index is 2.04. The van der Waals surface area contributed by atoms with E-state index in [-0.39, 0.29) is 17.2 Å². The summed E-state index contributed by atoms with van der Waals surface area (Å²) in [5.74, 6) is -0.196. The van der Waals surface area contributed by atoms with Crippen molar-refractivity contribution < 1.29 is 14.7 Å². The Morgan fingerprint density at radius 2 is 2.25 bits per heavy atom. The Labute approximate surface area is 127 Å². The number of aryl methyl sites for hydroxylation is 1. The van der Waals surface area contributed by atoms with E-state index in [1.54, 1.807) is 28.0 Å². The van der Waals surface area contributed by atoms with Crippen molar-refractivity contribution in [2.75, 3.05) is 5.75 Å². The van der Waals surface area contributed by atoms with Gasteiger partial charge in [0.15, 0.2) is 0 Å². The summed E-state index contributed by atoms with van der Waals surface area (Å²) in [6, 6.07) is 3.29. The smallest absolute Gasteiger partial charge is 0.327 e. The molecule has 1 saturated heterocycles. The van der Waals surface area contributed by atoms with Crippen LogP contribution in [0.4, 0.5) is 0 Å². The normalized spacial score (nSPS) is 22.4. The van der Waals surface area contributed by atoms with Gasteiger partial charge in [0.1, 0.15) is 6.04 Å². The van der Waals surface area contributed by atoms with Gasteiger partial charge in [-0.25, -0.2) is 4.79 Å². The largest absolute Gasteiger partial charge is 0.480 e. The summed E-state index contributed by atoms with van der Waals surface area (Å²) >= 11 is 3.20. The zero-order chi connectivity index (χ0) is 14.7. The molecule has 0 aliphatic carbocycles. The monoisotopic (exact) mass is 313 g/mol. The van der Waals surface area contributed by atoms with Crippen LogP contribution in [0.2, 0.25) is 0 Å². The van der Waals surface area contributed by atoms with Gasteiger partial charge in [0.25, 0.3) is 0 Å². The summed E-state index contributed by atoms with van der Waals surface area (Å²) in [7, 11) is 0. The van der Waals surface area contributed by atoms with Crippen LogP contribution in [0.3, 0.4) is 0 Å². The van der Waals surface area contributed by atoms with E-state index < -0.39 is 12.0 Å². The van der Waals surface area contributed by atoms with Crippen LogP contribution in [0, 0.1) is 5.92 Å². The molecule has 0 radical (unpaired) electrons. The van der Waals surface area contributed by atoms with E-state index in [9.17, 15) is 14.7 Å². The summed E-state index contributed by atoms with van der Waals surface area (Å²) < 4.78 is 0. The number of amides is 1. The first-order valence-corrected chi connectivity index (χ1v) is 8.61. The van der Waals surface area contributed by atoms with Gasteiger partial charge in [0.2, 0.25) is 5.91 Å². The van der Waals surface area contributed by atoms with E-state index in [2.05, 4.69) is 0 Å². The van der Waals surface area contributed by atoms with Crippen molar-refractivity contribution in [1.82, 2.24) is 4.90 Å². The average Bonchev–Trinajstić information content (AvgIpc) is 3.04. The highest BCUT2D eigenvalue weighted by Gasteiger charge is 2.42. The number of carboxylic acids is 1. The molecular formula is C14H19NO3S2. The Kier molecular flexibility index (Phi) is 5.10. The standard InChI is InChI=1S/C14H19NO3S2/c1-9(2)13-15(11(8-20-13)14(17)18)12(16)6-5-10-4-3-7-19-10/h3-4,7,9,11,13H,5-6,8H2,1-2H3,(H,17,18). The summed E-state index contributed by atoms with van der Waals surface area (Å²) in [4.78, 5) is 26.5. The summed E-state index contributed by atoms with van der Waals surface area (Å²) in [6.07, 6.45) is 1.07. The molecule has 1 amide bonds. The molecule has 2 rings (SSSR count). The van der Waals surface area contributed by atoms with Crippen LogP contribution >= 0.6 is 23.1 Å². The zero-order valence-electron chi connectivity index (χ0n) is 11.6. The molecule has 1 aromatic heterocycles. The van der Waals surface area contributed by atoms with Gasteiger partial charge in [-0.1, -0.05) is 19.9 Å². The molecule has 1 aliphatic rings. The second kappa shape index (κ2) is 6.63. The van der Waals surface area contributed by atoms with Crippen LogP contribution in [0.5, 0.6) is 0 Å². The lowest BCUT2D eigenvalue weighted by Crippen LogP contribution is -2.47. The molecule has 4 nitrogen and oxygen atoms in total. The quantitative estimate of drug-likeness (QED) is 0.908. The Hall–Kier alpha value is -1.01. The predicted molar refractivity (Wildman–Crippen MR) is 82.0 cm³/mol. The van der Waals surface area contributed by atoms with E-state index in [1.807, 2.05) is 31.4 Å². The fraction of sp³-hybridized carbons (Fsp3) is 0.571. The third-order valence-electron chi connectivity index (χ3n) is 3.34. The lowest BCUT2D eigenvalue weighted by molar-refractivity contribution is -0.149. The Morgan fingerprint density at radius 3 is 2.80 bits per heavy atom. The van der Waals surface area contributed by atoms with Gasteiger partial charge in [0.05, 0.1) is 5.37 Å². The van der Waals surface area contributed by atoms with Gasteiger partial charge >= 0.3 is 5.97 Å². The first-order chi connectivity index (χ1) is 9.50. The maximum atomic E-state index is 12.4. The SMILES string of the molecule is CC(C)C1SCC(C(=O)O)N1C(=O)CCc1cccs1. The molecule has 2 unspecified atom stereocenters. The van der Waals surface area contributed by atoms with Crippen molar-refractivity contribution >= 4 is 35.0 Å². The maximum absolute atomic E-state index is 12.4. The van der Waals surface area contributed by atoms with Crippen LogP contribution in [-0.4, -0.2) is 39.1 Å². The Bertz CT molecular complexity index is 473. The lowest BCUT2D eigenvalue weighted by Gasteiger charge is -2.29. The van der Waals surface area contributed by atoms with Gasteiger partial charge in [-0.15, -0.1) is 23.1 Å². The molecule has 1 fully saturated rings. The molecule has 1 aliphatic heterocycles. The summed E-state index contributed by atoms with van der Waals surface area (Å²) in [6.45, 7) is 4.06. The topological polar surface area (TPSA) is 57.6 Å². The van der Waals surface area contributed by atoms with Crippen LogP contribution < -0.4 is 0 Å². The molecule has 6 heteroatoms. The highest BCUT2D eigenvalue weighted by Crippen LogP contribution is 2.34. The lowest BCUT2D eigenvalue weighted by atomic mass is 10.1. The first kappa shape index (κ1) is 15.4. The maximum Gasteiger partial charge on any atom is 0.327 e. The average molecular weight is 313 g/mol. The van der Waals surface area contributed by atoms with Crippen molar-refractivity contribution in [2.24, 2.45) is 5.92 Å². The number of rotatable bonds is 5. The first-order valence-electron chi connectivity index (χ1n) is 6.68. The minimum atomic E-state index is -0.898. The van der Waals surface area contributed by atoms with E-state index in [0.717, 1.165) is 4.88 Å². The van der Waals surface area contributed by atoms with Gasteiger partial charge in [-0.05, 0) is 23.8 Å². The second-order valence-corrected chi connectivity index (χ2v) is 7.38. The van der Waals surface area contributed by atoms with Gasteiger partial charge in [-0.2, -0.15) is 0 Å². The van der Waals surface area contributed by atoms with Crippen LogP contribution in [-0.2, 0) is 16.0 Å². The number of carboxylic acid groups (broad SMARTS) is 1. The van der Waals surface area contributed by atoms with E-state index in [1.165, 1.54) is 0 Å². The van der Waals surface area contributed by atoms with Gasteiger partial charge in [-0.3, -0.25) is 4.79 Å². The van der Waals surface area contributed by atoms with E-state index >= 15 is 0 Å². The number of carbonyl (C=O) groups is 2. The van der Waals surface area contributed by atoms with Crippen molar-refractivity contribution in [3.05, 3.63) is 22.4 Å². The molecule has 20 heavy (non-hydrogen) atoms. The molecule has 2 heterocycles. The number of hydrogen-bond donors (Lipinski definition) is 1.